The number of hydrogen-bond donors (Lipinski definition) is 3. The van der Waals surface area contributed by atoms with E-state index in [1.807, 2.05) is 0 Å². The van der Waals surface area contributed by atoms with Gasteiger partial charge in [0, 0.05) is 25.4 Å². The summed E-state index contributed by atoms with van der Waals surface area (Å²) in [5.74, 6) is -1.16. The molecule has 10 nitrogen and oxygen atoms in total. The lowest BCUT2D eigenvalue weighted by atomic mass is 9.87. The lowest BCUT2D eigenvalue weighted by Crippen LogP contribution is -2.50. The molecule has 0 aromatic carbocycles. The zero-order chi connectivity index (χ0) is 19.1. The number of esters is 1. The number of carbonyl (C=O) groups is 3. The predicted octanol–water partition coefficient (Wildman–Crippen LogP) is -0.0701. The molecular formula is C14H26N2O8P+. The summed E-state index contributed by atoms with van der Waals surface area (Å²) in [6.07, 6.45) is -0.989. The number of methoxy groups -OCH3 is 1. The third-order valence-corrected chi connectivity index (χ3v) is 4.81. The van der Waals surface area contributed by atoms with E-state index in [0.717, 1.165) is 0 Å². The Morgan fingerprint density at radius 2 is 1.96 bits per heavy atom. The Morgan fingerprint density at radius 3 is 2.56 bits per heavy atom. The van der Waals surface area contributed by atoms with Gasteiger partial charge < -0.3 is 15.4 Å². The topological polar surface area (TPSA) is 132 Å². The van der Waals surface area contributed by atoms with Crippen LogP contribution in [-0.2, 0) is 32.7 Å². The maximum atomic E-state index is 12.3. The molecule has 11 heteroatoms. The number of hydrogen-bond acceptors (Lipinski definition) is 8. The molecule has 0 aliphatic carbocycles. The van der Waals surface area contributed by atoms with E-state index < -0.39 is 31.6 Å². The molecule has 1 unspecified atom stereocenters. The summed E-state index contributed by atoms with van der Waals surface area (Å²) in [5, 5.41) is 5.07. The molecule has 1 fully saturated rings. The summed E-state index contributed by atoms with van der Waals surface area (Å²) >= 11 is 0. The predicted molar refractivity (Wildman–Crippen MR) is 88.0 cm³/mol. The minimum atomic E-state index is -3.67. The minimum Gasteiger partial charge on any atom is -0.469 e. The molecular weight excluding hydrogens is 355 g/mol. The highest BCUT2D eigenvalue weighted by molar-refractivity contribution is 7.55. The molecule has 0 bridgehead atoms. The van der Waals surface area contributed by atoms with Crippen LogP contribution < -0.4 is 10.6 Å². The van der Waals surface area contributed by atoms with Gasteiger partial charge in [0.25, 0.3) is 5.91 Å². The Balaban J connectivity index is 2.58. The molecule has 0 aromatic heterocycles. The van der Waals surface area contributed by atoms with Gasteiger partial charge in [0.1, 0.15) is 13.2 Å². The standard InChI is InChI=1S/C14H25N2O8P/c1-10(17)15-7-8-22-25(20)23-9-14(2,3)12(24-25)13(19)16-6-5-11(18)21-4/h12,20H,5-9H2,1-4H3,(H-,15,16,17,19)/p+1/t12-,25?/m0/s1. The van der Waals surface area contributed by atoms with Gasteiger partial charge in [-0.25, -0.2) is 0 Å². The van der Waals surface area contributed by atoms with E-state index in [1.165, 1.54) is 14.0 Å². The molecule has 1 aliphatic rings. The molecule has 2 atom stereocenters. The van der Waals surface area contributed by atoms with Crippen LogP contribution >= 0.6 is 8.17 Å². The van der Waals surface area contributed by atoms with Crippen LogP contribution in [0.25, 0.3) is 0 Å². The van der Waals surface area contributed by atoms with Gasteiger partial charge in [-0.1, -0.05) is 13.8 Å². The zero-order valence-electron chi connectivity index (χ0n) is 14.9. The number of nitrogens with one attached hydrogen (secondary N) is 2. The average molecular weight is 381 g/mol. The van der Waals surface area contributed by atoms with Gasteiger partial charge in [0.2, 0.25) is 5.91 Å². The van der Waals surface area contributed by atoms with E-state index in [2.05, 4.69) is 15.4 Å². The Bertz CT molecular complexity index is 501. The van der Waals surface area contributed by atoms with Crippen LogP contribution in [0.5, 0.6) is 0 Å². The van der Waals surface area contributed by atoms with Gasteiger partial charge in [-0.3, -0.25) is 14.4 Å². The van der Waals surface area contributed by atoms with Crippen LogP contribution in [0, 0.1) is 5.41 Å². The fourth-order valence-corrected chi connectivity index (χ4v) is 3.63. The summed E-state index contributed by atoms with van der Waals surface area (Å²) in [4.78, 5) is 44.5. The van der Waals surface area contributed by atoms with Gasteiger partial charge in [-0.2, -0.15) is 13.9 Å². The second kappa shape index (κ2) is 9.40. The normalized spacial score (nSPS) is 25.1. The van der Waals surface area contributed by atoms with Crippen molar-refractivity contribution in [2.75, 3.05) is 33.4 Å². The number of amides is 2. The van der Waals surface area contributed by atoms with Crippen molar-refractivity contribution in [2.45, 2.75) is 33.3 Å². The minimum absolute atomic E-state index is 0.0263. The van der Waals surface area contributed by atoms with Crippen molar-refractivity contribution in [3.8, 4) is 0 Å². The lowest BCUT2D eigenvalue weighted by Gasteiger charge is -2.36. The largest absolute Gasteiger partial charge is 0.573 e. The number of ether oxygens (including phenoxy) is 1. The molecule has 2 amide bonds. The van der Waals surface area contributed by atoms with Crippen LogP contribution in [0.15, 0.2) is 0 Å². The second-order valence-corrected chi connectivity index (χ2v) is 7.81. The van der Waals surface area contributed by atoms with Gasteiger partial charge in [0.15, 0.2) is 6.10 Å². The Hall–Kier alpha value is -1.32. The maximum Gasteiger partial charge on any atom is 0.573 e. The number of carbonyl (C=O) groups excluding carboxylic acids is 3. The van der Waals surface area contributed by atoms with E-state index in [1.54, 1.807) is 13.8 Å². The Kier molecular flexibility index (Phi) is 8.17. The highest BCUT2D eigenvalue weighted by Gasteiger charge is 2.59. The molecule has 0 radical (unpaired) electrons. The summed E-state index contributed by atoms with van der Waals surface area (Å²) in [6.45, 7) is 5.13. The van der Waals surface area contributed by atoms with Crippen molar-refractivity contribution in [3.05, 3.63) is 0 Å². The molecule has 25 heavy (non-hydrogen) atoms. The van der Waals surface area contributed by atoms with Crippen molar-refractivity contribution in [2.24, 2.45) is 5.41 Å². The first kappa shape index (κ1) is 21.7. The first-order valence-electron chi connectivity index (χ1n) is 7.78. The first-order valence-corrected chi connectivity index (χ1v) is 9.27. The third-order valence-electron chi connectivity index (χ3n) is 3.37. The highest BCUT2D eigenvalue weighted by Crippen LogP contribution is 2.63. The van der Waals surface area contributed by atoms with Crippen molar-refractivity contribution >= 4 is 26.0 Å². The smallest absolute Gasteiger partial charge is 0.469 e. The average Bonchev–Trinajstić information content (AvgIpc) is 2.54. The van der Waals surface area contributed by atoms with Gasteiger partial charge >= 0.3 is 14.1 Å². The van der Waals surface area contributed by atoms with Gasteiger partial charge in [-0.05, 0) is 0 Å². The van der Waals surface area contributed by atoms with Crippen LogP contribution in [-0.4, -0.2) is 62.2 Å². The van der Waals surface area contributed by atoms with Crippen LogP contribution in [0.2, 0.25) is 0 Å². The molecule has 0 aromatic rings. The van der Waals surface area contributed by atoms with Gasteiger partial charge in [-0.15, -0.1) is 4.52 Å². The summed E-state index contributed by atoms with van der Waals surface area (Å²) in [7, 11) is -2.41. The van der Waals surface area contributed by atoms with E-state index >= 15 is 0 Å². The van der Waals surface area contributed by atoms with Crippen LogP contribution in [0.4, 0.5) is 0 Å². The van der Waals surface area contributed by atoms with E-state index in [-0.39, 0.29) is 38.6 Å². The van der Waals surface area contributed by atoms with Crippen LogP contribution in [0.3, 0.4) is 0 Å². The van der Waals surface area contributed by atoms with E-state index in [9.17, 15) is 19.3 Å². The van der Waals surface area contributed by atoms with E-state index in [0.29, 0.717) is 0 Å². The third kappa shape index (κ3) is 7.21. The highest BCUT2D eigenvalue weighted by atomic mass is 31.2. The van der Waals surface area contributed by atoms with Crippen molar-refractivity contribution in [1.82, 2.24) is 10.6 Å². The Morgan fingerprint density at radius 1 is 1.28 bits per heavy atom. The summed E-state index contributed by atoms with van der Waals surface area (Å²) in [6, 6.07) is 0. The molecule has 1 heterocycles. The van der Waals surface area contributed by atoms with E-state index in [4.69, 9.17) is 13.6 Å². The van der Waals surface area contributed by atoms with Crippen LogP contribution in [0.1, 0.15) is 27.2 Å². The molecule has 1 rings (SSSR count). The first-order chi connectivity index (χ1) is 11.6. The monoisotopic (exact) mass is 381 g/mol. The second-order valence-electron chi connectivity index (χ2n) is 6.15. The fraction of sp³-hybridized carbons (Fsp3) is 0.786. The fourth-order valence-electron chi connectivity index (χ4n) is 1.97. The molecule has 3 N–H and O–H groups in total. The molecule has 1 aliphatic heterocycles. The summed E-state index contributed by atoms with van der Waals surface area (Å²) in [5.41, 5.74) is -0.706. The quantitative estimate of drug-likeness (QED) is 0.302. The molecule has 0 saturated carbocycles. The molecule has 0 spiro atoms. The summed E-state index contributed by atoms with van der Waals surface area (Å²) < 4.78 is 20.4. The Labute approximate surface area is 147 Å². The van der Waals surface area contributed by atoms with Crippen molar-refractivity contribution in [3.63, 3.8) is 0 Å². The molecule has 1 saturated heterocycles. The lowest BCUT2D eigenvalue weighted by molar-refractivity contribution is -0.144. The zero-order valence-corrected chi connectivity index (χ0v) is 15.8. The SMILES string of the molecule is COC(=O)CCNC(=O)[C@@H]1O[P+](O)(OCCNC(C)=O)OCC1(C)C. The van der Waals surface area contributed by atoms with Gasteiger partial charge in [0.05, 0.1) is 13.5 Å². The maximum absolute atomic E-state index is 12.3. The van der Waals surface area contributed by atoms with Crippen molar-refractivity contribution < 1.29 is 37.6 Å². The number of rotatable bonds is 8. The molecule has 144 valence electrons. The van der Waals surface area contributed by atoms with Crippen molar-refractivity contribution in [1.29, 1.82) is 0 Å².